The second-order valence-electron chi connectivity index (χ2n) is 6.61. The van der Waals surface area contributed by atoms with Crippen LogP contribution in [0.25, 0.3) is 22.1 Å². The maximum atomic E-state index is 6.15. The maximum Gasteiger partial charge on any atom is 0.225 e. The molecule has 25 heavy (non-hydrogen) atoms. The van der Waals surface area contributed by atoms with Gasteiger partial charge in [-0.2, -0.15) is 4.98 Å². The van der Waals surface area contributed by atoms with E-state index < -0.39 is 0 Å². The lowest BCUT2D eigenvalue weighted by molar-refractivity contribution is 0.312. The lowest BCUT2D eigenvalue weighted by atomic mass is 10.1. The molecule has 1 aliphatic rings. The summed E-state index contributed by atoms with van der Waals surface area (Å²) >= 11 is 0. The molecule has 0 radical (unpaired) electrons. The maximum absolute atomic E-state index is 6.15. The summed E-state index contributed by atoms with van der Waals surface area (Å²) in [5, 5.41) is 4.26. The SMILES string of the molecule is C=CCNc1nc(N2CCN(C)CC2)c2oc3ccc(C)cc3c2n1. The fourth-order valence-corrected chi connectivity index (χ4v) is 3.22. The van der Waals surface area contributed by atoms with Crippen LogP contribution in [0.5, 0.6) is 0 Å². The van der Waals surface area contributed by atoms with E-state index in [9.17, 15) is 0 Å². The number of nitrogens with one attached hydrogen (secondary N) is 1. The lowest BCUT2D eigenvalue weighted by Gasteiger charge is -2.33. The number of rotatable bonds is 4. The number of nitrogens with zero attached hydrogens (tertiary/aromatic N) is 4. The van der Waals surface area contributed by atoms with Crippen LogP contribution in [-0.2, 0) is 0 Å². The number of hydrogen-bond donors (Lipinski definition) is 1. The highest BCUT2D eigenvalue weighted by atomic mass is 16.3. The van der Waals surface area contributed by atoms with E-state index in [1.165, 1.54) is 5.56 Å². The van der Waals surface area contributed by atoms with Crippen molar-refractivity contribution < 1.29 is 4.42 Å². The molecule has 130 valence electrons. The van der Waals surface area contributed by atoms with Gasteiger partial charge in [-0.1, -0.05) is 17.7 Å². The van der Waals surface area contributed by atoms with Crippen LogP contribution in [0.2, 0.25) is 0 Å². The molecule has 1 aliphatic heterocycles. The minimum atomic E-state index is 0.616. The zero-order valence-corrected chi connectivity index (χ0v) is 14.7. The van der Waals surface area contributed by atoms with Crippen molar-refractivity contribution in [1.29, 1.82) is 0 Å². The average Bonchev–Trinajstić information content (AvgIpc) is 2.98. The fourth-order valence-electron chi connectivity index (χ4n) is 3.22. The molecule has 1 N–H and O–H groups in total. The Balaban J connectivity index is 1.89. The van der Waals surface area contributed by atoms with E-state index in [1.54, 1.807) is 6.08 Å². The largest absolute Gasteiger partial charge is 0.450 e. The van der Waals surface area contributed by atoms with Gasteiger partial charge in [-0.05, 0) is 26.1 Å². The topological polar surface area (TPSA) is 57.4 Å². The van der Waals surface area contributed by atoms with Gasteiger partial charge in [0.05, 0.1) is 0 Å². The molecular formula is C19H23N5O. The first-order valence-electron chi connectivity index (χ1n) is 8.65. The first-order valence-corrected chi connectivity index (χ1v) is 8.65. The van der Waals surface area contributed by atoms with Crippen molar-refractivity contribution in [3.05, 3.63) is 36.4 Å². The molecule has 0 bridgehead atoms. The van der Waals surface area contributed by atoms with Gasteiger partial charge in [-0.3, -0.25) is 0 Å². The molecule has 6 nitrogen and oxygen atoms in total. The van der Waals surface area contributed by atoms with Crippen LogP contribution < -0.4 is 10.2 Å². The monoisotopic (exact) mass is 337 g/mol. The number of anilines is 2. The zero-order chi connectivity index (χ0) is 17.4. The lowest BCUT2D eigenvalue weighted by Crippen LogP contribution is -2.45. The molecule has 6 heteroatoms. The summed E-state index contributed by atoms with van der Waals surface area (Å²) in [5.41, 5.74) is 3.69. The standard InChI is InChI=1S/C19H23N5O/c1-4-7-20-19-21-16-14-12-13(2)5-6-15(14)25-17(16)18(22-19)24-10-8-23(3)9-11-24/h4-6,12H,1,7-11H2,2-3H3,(H,20,21,22). The van der Waals surface area contributed by atoms with Crippen LogP contribution >= 0.6 is 0 Å². The molecule has 3 aromatic rings. The van der Waals surface area contributed by atoms with Gasteiger partial charge in [0.1, 0.15) is 11.1 Å². The van der Waals surface area contributed by atoms with Gasteiger partial charge in [0.25, 0.3) is 0 Å². The number of aryl methyl sites for hydroxylation is 1. The zero-order valence-electron chi connectivity index (χ0n) is 14.7. The van der Waals surface area contributed by atoms with E-state index in [0.717, 1.165) is 54.1 Å². The third kappa shape index (κ3) is 2.93. The molecule has 0 saturated carbocycles. The third-order valence-electron chi connectivity index (χ3n) is 4.66. The van der Waals surface area contributed by atoms with E-state index >= 15 is 0 Å². The minimum absolute atomic E-state index is 0.616. The van der Waals surface area contributed by atoms with Crippen LogP contribution in [0.15, 0.2) is 35.3 Å². The Bertz CT molecular complexity index is 924. The van der Waals surface area contributed by atoms with Gasteiger partial charge < -0.3 is 19.5 Å². The van der Waals surface area contributed by atoms with Crippen molar-refractivity contribution >= 4 is 33.8 Å². The molecular weight excluding hydrogens is 314 g/mol. The van der Waals surface area contributed by atoms with E-state index in [0.29, 0.717) is 12.5 Å². The number of likely N-dealkylation sites (N-methyl/N-ethyl adjacent to an activating group) is 1. The van der Waals surface area contributed by atoms with E-state index in [-0.39, 0.29) is 0 Å². The second-order valence-corrected chi connectivity index (χ2v) is 6.61. The summed E-state index contributed by atoms with van der Waals surface area (Å²) in [4.78, 5) is 14.1. The molecule has 0 amide bonds. The molecule has 0 unspecified atom stereocenters. The van der Waals surface area contributed by atoms with E-state index in [2.05, 4.69) is 47.8 Å². The van der Waals surface area contributed by atoms with Crippen molar-refractivity contribution in [3.63, 3.8) is 0 Å². The van der Waals surface area contributed by atoms with Crippen LogP contribution in [0.4, 0.5) is 11.8 Å². The summed E-state index contributed by atoms with van der Waals surface area (Å²) in [6.45, 7) is 10.4. The van der Waals surface area contributed by atoms with Crippen LogP contribution in [0, 0.1) is 6.92 Å². The van der Waals surface area contributed by atoms with Crippen molar-refractivity contribution in [2.24, 2.45) is 0 Å². The van der Waals surface area contributed by atoms with Crippen LogP contribution in [0.3, 0.4) is 0 Å². The second kappa shape index (κ2) is 6.37. The number of piperazine rings is 1. The first kappa shape index (κ1) is 15.9. The Morgan fingerprint density at radius 1 is 1.24 bits per heavy atom. The summed E-state index contributed by atoms with van der Waals surface area (Å²) in [5.74, 6) is 1.49. The van der Waals surface area contributed by atoms with E-state index in [4.69, 9.17) is 14.4 Å². The molecule has 0 aliphatic carbocycles. The van der Waals surface area contributed by atoms with Crippen molar-refractivity contribution in [3.8, 4) is 0 Å². The highest BCUT2D eigenvalue weighted by Gasteiger charge is 2.23. The van der Waals surface area contributed by atoms with Gasteiger partial charge in [-0.15, -0.1) is 6.58 Å². The summed E-state index contributed by atoms with van der Waals surface area (Å²) in [7, 11) is 2.15. The van der Waals surface area contributed by atoms with Crippen molar-refractivity contribution in [1.82, 2.24) is 14.9 Å². The number of hydrogen-bond acceptors (Lipinski definition) is 6. The normalized spacial score (nSPS) is 15.8. The smallest absolute Gasteiger partial charge is 0.225 e. The van der Waals surface area contributed by atoms with E-state index in [1.807, 2.05) is 6.07 Å². The Morgan fingerprint density at radius 2 is 2.04 bits per heavy atom. The van der Waals surface area contributed by atoms with Gasteiger partial charge >= 0.3 is 0 Å². The van der Waals surface area contributed by atoms with Crippen LogP contribution in [-0.4, -0.2) is 54.6 Å². The Morgan fingerprint density at radius 3 is 2.80 bits per heavy atom. The van der Waals surface area contributed by atoms with Gasteiger partial charge in [0, 0.05) is 38.1 Å². The molecule has 0 spiro atoms. The third-order valence-corrected chi connectivity index (χ3v) is 4.66. The average molecular weight is 337 g/mol. The minimum Gasteiger partial charge on any atom is -0.450 e. The highest BCUT2D eigenvalue weighted by molar-refractivity contribution is 6.06. The highest BCUT2D eigenvalue weighted by Crippen LogP contribution is 2.34. The first-order chi connectivity index (χ1) is 12.2. The van der Waals surface area contributed by atoms with Gasteiger partial charge in [0.15, 0.2) is 11.4 Å². The molecule has 1 aromatic carbocycles. The summed E-state index contributed by atoms with van der Waals surface area (Å²) < 4.78 is 6.15. The molecule has 1 fully saturated rings. The molecule has 1 saturated heterocycles. The van der Waals surface area contributed by atoms with Crippen molar-refractivity contribution in [2.45, 2.75) is 6.92 Å². The Labute approximate surface area is 147 Å². The van der Waals surface area contributed by atoms with Gasteiger partial charge in [-0.25, -0.2) is 4.98 Å². The molecule has 2 aromatic heterocycles. The quantitative estimate of drug-likeness (QED) is 0.739. The number of benzene rings is 1. The summed E-state index contributed by atoms with van der Waals surface area (Å²) in [6.07, 6.45) is 1.81. The predicted octanol–water partition coefficient (Wildman–Crippen LogP) is 3.03. The Hall–Kier alpha value is -2.60. The predicted molar refractivity (Wildman–Crippen MR) is 102 cm³/mol. The number of aromatic nitrogens is 2. The fraction of sp³-hybridized carbons (Fsp3) is 0.368. The van der Waals surface area contributed by atoms with Crippen LogP contribution in [0.1, 0.15) is 5.56 Å². The summed E-state index contributed by atoms with van der Waals surface area (Å²) in [6, 6.07) is 6.20. The Kier molecular flexibility index (Phi) is 4.05. The molecule has 3 heterocycles. The number of fused-ring (bicyclic) bond motifs is 3. The number of furan rings is 1. The van der Waals surface area contributed by atoms with Gasteiger partial charge in [0.2, 0.25) is 5.95 Å². The molecule has 4 rings (SSSR count). The van der Waals surface area contributed by atoms with Crippen molar-refractivity contribution in [2.75, 3.05) is 50.0 Å². The molecule has 0 atom stereocenters.